The monoisotopic (exact) mass is 207 g/mol. The zero-order valence-corrected chi connectivity index (χ0v) is 9.58. The quantitative estimate of drug-likeness (QED) is 0.820. The molecule has 3 heteroatoms. The van der Waals surface area contributed by atoms with Crippen molar-refractivity contribution in [3.05, 3.63) is 18.2 Å². The SMILES string of the molecule is CCCCn1cncc1C1CCNCC1. The highest BCUT2D eigenvalue weighted by Crippen LogP contribution is 2.24. The van der Waals surface area contributed by atoms with Crippen LogP contribution in [0.2, 0.25) is 0 Å². The molecule has 0 aromatic carbocycles. The molecule has 1 saturated heterocycles. The van der Waals surface area contributed by atoms with Gasteiger partial charge < -0.3 is 9.88 Å². The Kier molecular flexibility index (Phi) is 3.78. The van der Waals surface area contributed by atoms with Gasteiger partial charge in [0.15, 0.2) is 0 Å². The molecule has 1 fully saturated rings. The zero-order valence-electron chi connectivity index (χ0n) is 9.58. The van der Waals surface area contributed by atoms with E-state index in [0.29, 0.717) is 0 Å². The number of unbranched alkanes of at least 4 members (excludes halogenated alkanes) is 1. The van der Waals surface area contributed by atoms with Crippen molar-refractivity contribution in [1.82, 2.24) is 14.9 Å². The second-order valence-electron chi connectivity index (χ2n) is 4.39. The highest BCUT2D eigenvalue weighted by Gasteiger charge is 2.18. The average molecular weight is 207 g/mol. The Balaban J connectivity index is 2.02. The van der Waals surface area contributed by atoms with Gasteiger partial charge in [-0.2, -0.15) is 0 Å². The summed E-state index contributed by atoms with van der Waals surface area (Å²) in [5.41, 5.74) is 1.45. The number of rotatable bonds is 4. The summed E-state index contributed by atoms with van der Waals surface area (Å²) in [6, 6.07) is 0. The standard InChI is InChI=1S/C12H21N3/c1-2-3-8-15-10-14-9-12(15)11-4-6-13-7-5-11/h9-11,13H,2-8H2,1H3. The maximum Gasteiger partial charge on any atom is 0.0948 e. The van der Waals surface area contributed by atoms with Crippen molar-refractivity contribution in [3.63, 3.8) is 0 Å². The van der Waals surface area contributed by atoms with Gasteiger partial charge in [-0.05, 0) is 32.4 Å². The van der Waals surface area contributed by atoms with Gasteiger partial charge >= 0.3 is 0 Å². The molecule has 0 atom stereocenters. The first kappa shape index (κ1) is 10.7. The van der Waals surface area contributed by atoms with E-state index in [2.05, 4.69) is 28.0 Å². The molecule has 0 saturated carbocycles. The Bertz CT molecular complexity index is 287. The normalized spacial score (nSPS) is 18.2. The van der Waals surface area contributed by atoms with E-state index in [1.807, 2.05) is 6.33 Å². The predicted octanol–water partition coefficient (Wildman–Crippen LogP) is 2.15. The van der Waals surface area contributed by atoms with Crippen molar-refractivity contribution in [1.29, 1.82) is 0 Å². The van der Waals surface area contributed by atoms with Crippen molar-refractivity contribution in [3.8, 4) is 0 Å². The third kappa shape index (κ3) is 2.59. The van der Waals surface area contributed by atoms with Crippen LogP contribution in [0.15, 0.2) is 12.5 Å². The first-order chi connectivity index (χ1) is 7.42. The topological polar surface area (TPSA) is 29.9 Å². The molecule has 1 aliphatic heterocycles. The largest absolute Gasteiger partial charge is 0.334 e. The average Bonchev–Trinajstić information content (AvgIpc) is 2.75. The van der Waals surface area contributed by atoms with Gasteiger partial charge in [0.05, 0.1) is 6.33 Å². The minimum atomic E-state index is 0.727. The summed E-state index contributed by atoms with van der Waals surface area (Å²) in [4.78, 5) is 4.29. The number of hydrogen-bond donors (Lipinski definition) is 1. The van der Waals surface area contributed by atoms with Crippen LogP contribution in [0.25, 0.3) is 0 Å². The molecule has 2 rings (SSSR count). The maximum atomic E-state index is 4.29. The van der Waals surface area contributed by atoms with E-state index >= 15 is 0 Å². The third-order valence-corrected chi connectivity index (χ3v) is 3.25. The second-order valence-corrected chi connectivity index (χ2v) is 4.39. The first-order valence-electron chi connectivity index (χ1n) is 6.12. The van der Waals surface area contributed by atoms with E-state index in [-0.39, 0.29) is 0 Å². The van der Waals surface area contributed by atoms with E-state index in [9.17, 15) is 0 Å². The third-order valence-electron chi connectivity index (χ3n) is 3.25. The van der Waals surface area contributed by atoms with Gasteiger partial charge in [-0.25, -0.2) is 4.98 Å². The number of nitrogens with one attached hydrogen (secondary N) is 1. The number of aromatic nitrogens is 2. The van der Waals surface area contributed by atoms with Crippen molar-refractivity contribution in [2.75, 3.05) is 13.1 Å². The molecule has 1 N–H and O–H groups in total. The Morgan fingerprint density at radius 2 is 2.27 bits per heavy atom. The summed E-state index contributed by atoms with van der Waals surface area (Å²) in [7, 11) is 0. The van der Waals surface area contributed by atoms with Crippen LogP contribution < -0.4 is 5.32 Å². The summed E-state index contributed by atoms with van der Waals surface area (Å²) in [5.74, 6) is 0.727. The molecule has 0 radical (unpaired) electrons. The van der Waals surface area contributed by atoms with Crippen LogP contribution in [0.4, 0.5) is 0 Å². The highest BCUT2D eigenvalue weighted by atomic mass is 15.0. The number of imidazole rings is 1. The molecule has 0 unspecified atom stereocenters. The van der Waals surface area contributed by atoms with E-state index in [0.717, 1.165) is 25.6 Å². The zero-order chi connectivity index (χ0) is 10.5. The molecule has 0 bridgehead atoms. The molecule has 2 heterocycles. The Morgan fingerprint density at radius 1 is 1.47 bits per heavy atom. The van der Waals surface area contributed by atoms with E-state index in [1.165, 1.54) is 31.4 Å². The molecule has 0 spiro atoms. The Morgan fingerprint density at radius 3 is 3.00 bits per heavy atom. The Hall–Kier alpha value is -0.830. The second kappa shape index (κ2) is 5.31. The molecular weight excluding hydrogens is 186 g/mol. The predicted molar refractivity (Wildman–Crippen MR) is 62.0 cm³/mol. The van der Waals surface area contributed by atoms with Crippen molar-refractivity contribution in [2.24, 2.45) is 0 Å². The van der Waals surface area contributed by atoms with Gasteiger partial charge in [-0.3, -0.25) is 0 Å². The van der Waals surface area contributed by atoms with Gasteiger partial charge in [-0.15, -0.1) is 0 Å². The fourth-order valence-electron chi connectivity index (χ4n) is 2.30. The minimum absolute atomic E-state index is 0.727. The number of hydrogen-bond acceptors (Lipinski definition) is 2. The van der Waals surface area contributed by atoms with E-state index in [4.69, 9.17) is 0 Å². The molecule has 3 nitrogen and oxygen atoms in total. The summed E-state index contributed by atoms with van der Waals surface area (Å²) in [6.07, 6.45) is 9.09. The minimum Gasteiger partial charge on any atom is -0.334 e. The van der Waals surface area contributed by atoms with Gasteiger partial charge in [0.1, 0.15) is 0 Å². The van der Waals surface area contributed by atoms with Gasteiger partial charge in [0.25, 0.3) is 0 Å². The molecule has 1 aromatic heterocycles. The van der Waals surface area contributed by atoms with E-state index in [1.54, 1.807) is 0 Å². The van der Waals surface area contributed by atoms with Crippen LogP contribution in [0.3, 0.4) is 0 Å². The summed E-state index contributed by atoms with van der Waals surface area (Å²) >= 11 is 0. The lowest BCUT2D eigenvalue weighted by molar-refractivity contribution is 0.436. The number of aryl methyl sites for hydroxylation is 1. The summed E-state index contributed by atoms with van der Waals surface area (Å²) in [5, 5.41) is 3.41. The number of piperidine rings is 1. The van der Waals surface area contributed by atoms with E-state index < -0.39 is 0 Å². The van der Waals surface area contributed by atoms with Crippen LogP contribution in [0, 0.1) is 0 Å². The summed E-state index contributed by atoms with van der Waals surface area (Å²) in [6.45, 7) is 5.68. The molecule has 1 aromatic rings. The molecule has 0 aliphatic carbocycles. The van der Waals surface area contributed by atoms with Crippen LogP contribution in [0.5, 0.6) is 0 Å². The lowest BCUT2D eigenvalue weighted by Gasteiger charge is -2.23. The smallest absolute Gasteiger partial charge is 0.0948 e. The van der Waals surface area contributed by atoms with Crippen LogP contribution in [-0.4, -0.2) is 22.6 Å². The van der Waals surface area contributed by atoms with Gasteiger partial charge in [0, 0.05) is 24.4 Å². The van der Waals surface area contributed by atoms with Crippen molar-refractivity contribution >= 4 is 0 Å². The molecular formula is C12H21N3. The van der Waals surface area contributed by atoms with Crippen LogP contribution in [0.1, 0.15) is 44.2 Å². The first-order valence-corrected chi connectivity index (χ1v) is 6.12. The van der Waals surface area contributed by atoms with Crippen LogP contribution in [-0.2, 0) is 6.54 Å². The van der Waals surface area contributed by atoms with Crippen molar-refractivity contribution < 1.29 is 0 Å². The lowest BCUT2D eigenvalue weighted by atomic mass is 9.95. The maximum absolute atomic E-state index is 4.29. The fourth-order valence-corrected chi connectivity index (χ4v) is 2.30. The van der Waals surface area contributed by atoms with Gasteiger partial charge in [-0.1, -0.05) is 13.3 Å². The molecule has 15 heavy (non-hydrogen) atoms. The molecule has 1 aliphatic rings. The van der Waals surface area contributed by atoms with Crippen LogP contribution >= 0.6 is 0 Å². The lowest BCUT2D eigenvalue weighted by Crippen LogP contribution is -2.27. The van der Waals surface area contributed by atoms with Crippen molar-refractivity contribution in [2.45, 2.75) is 45.1 Å². The highest BCUT2D eigenvalue weighted by molar-refractivity contribution is 5.07. The Labute approximate surface area is 91.9 Å². The molecule has 84 valence electrons. The summed E-state index contributed by atoms with van der Waals surface area (Å²) < 4.78 is 2.35. The van der Waals surface area contributed by atoms with Gasteiger partial charge in [0.2, 0.25) is 0 Å². The number of nitrogens with zero attached hydrogens (tertiary/aromatic N) is 2. The molecule has 0 amide bonds. The fraction of sp³-hybridized carbons (Fsp3) is 0.750.